The van der Waals surface area contributed by atoms with Crippen LogP contribution in [0, 0.1) is 5.82 Å². The van der Waals surface area contributed by atoms with Crippen LogP contribution < -0.4 is 4.90 Å². The van der Waals surface area contributed by atoms with E-state index >= 15 is 0 Å². The van der Waals surface area contributed by atoms with Crippen LogP contribution in [0.4, 0.5) is 9.52 Å². The normalized spacial score (nSPS) is 18.4. The second kappa shape index (κ2) is 9.77. The van der Waals surface area contributed by atoms with Gasteiger partial charge in [0.2, 0.25) is 21.1 Å². The number of piperazine rings is 1. The molecule has 0 N–H and O–H groups in total. The molecule has 2 aliphatic heterocycles. The molecule has 0 spiro atoms. The highest BCUT2D eigenvalue weighted by Gasteiger charge is 2.30. The zero-order valence-electron chi connectivity index (χ0n) is 16.6. The first-order valence-corrected chi connectivity index (χ1v) is 13.0. The Kier molecular flexibility index (Phi) is 7.06. The third-order valence-electron chi connectivity index (χ3n) is 5.04. The summed E-state index contributed by atoms with van der Waals surface area (Å²) in [4.78, 5) is 16.4. The molecule has 13 heteroatoms. The third kappa shape index (κ3) is 5.34. The van der Waals surface area contributed by atoms with Gasteiger partial charge >= 0.3 is 0 Å². The number of nitrogens with zero attached hydrogens (tertiary/aromatic N) is 5. The van der Waals surface area contributed by atoms with E-state index in [0.29, 0.717) is 26.3 Å². The minimum absolute atomic E-state index is 0.0524. The van der Waals surface area contributed by atoms with Gasteiger partial charge in [0.15, 0.2) is 4.34 Å². The fourth-order valence-electron chi connectivity index (χ4n) is 3.29. The standard InChI is InChI=1S/C18H22FN5O4S3/c19-14-1-3-15(4-2-14)31(26,27)24-7-5-22(6-8-24)16(25)13-29-18-21-20-17(30-18)23-9-11-28-12-10-23/h1-4H,5-13H2. The molecule has 0 atom stereocenters. The van der Waals surface area contributed by atoms with Crippen LogP contribution in [0.5, 0.6) is 0 Å². The number of carbonyl (C=O) groups excluding carboxylic acids is 1. The van der Waals surface area contributed by atoms with E-state index in [1.54, 1.807) is 4.90 Å². The first-order chi connectivity index (χ1) is 14.9. The lowest BCUT2D eigenvalue weighted by Gasteiger charge is -2.34. The predicted octanol–water partition coefficient (Wildman–Crippen LogP) is 1.14. The van der Waals surface area contributed by atoms with Gasteiger partial charge < -0.3 is 14.5 Å². The van der Waals surface area contributed by atoms with Crippen molar-refractivity contribution in [1.82, 2.24) is 19.4 Å². The van der Waals surface area contributed by atoms with Crippen LogP contribution in [0.25, 0.3) is 0 Å². The van der Waals surface area contributed by atoms with Gasteiger partial charge in [-0.1, -0.05) is 23.1 Å². The number of thioether (sulfide) groups is 1. The third-order valence-corrected chi connectivity index (χ3v) is 9.05. The summed E-state index contributed by atoms with van der Waals surface area (Å²) in [6, 6.07) is 4.77. The molecule has 1 aromatic carbocycles. The number of rotatable bonds is 6. The minimum atomic E-state index is -3.70. The van der Waals surface area contributed by atoms with Gasteiger partial charge in [0.1, 0.15) is 5.82 Å². The second-order valence-electron chi connectivity index (χ2n) is 6.98. The summed E-state index contributed by atoms with van der Waals surface area (Å²) in [5.74, 6) is -0.325. The molecular formula is C18H22FN5O4S3. The van der Waals surface area contributed by atoms with Crippen molar-refractivity contribution in [2.24, 2.45) is 0 Å². The molecule has 31 heavy (non-hydrogen) atoms. The fourth-order valence-corrected chi connectivity index (χ4v) is 6.51. The number of amides is 1. The maximum atomic E-state index is 13.1. The molecule has 3 heterocycles. The van der Waals surface area contributed by atoms with Crippen LogP contribution in [0.2, 0.25) is 0 Å². The van der Waals surface area contributed by atoms with Crippen molar-refractivity contribution < 1.29 is 22.3 Å². The largest absolute Gasteiger partial charge is 0.378 e. The molecule has 0 unspecified atom stereocenters. The Morgan fingerprint density at radius 1 is 1.06 bits per heavy atom. The van der Waals surface area contributed by atoms with Gasteiger partial charge in [0.05, 0.1) is 23.9 Å². The zero-order chi connectivity index (χ0) is 21.8. The van der Waals surface area contributed by atoms with Gasteiger partial charge in [-0.2, -0.15) is 4.31 Å². The molecule has 0 aliphatic carbocycles. The van der Waals surface area contributed by atoms with Crippen molar-refractivity contribution in [3.8, 4) is 0 Å². The maximum absolute atomic E-state index is 13.1. The molecule has 9 nitrogen and oxygen atoms in total. The molecule has 2 saturated heterocycles. The molecule has 4 rings (SSSR count). The summed E-state index contributed by atoms with van der Waals surface area (Å²) in [5.41, 5.74) is 0. The number of aromatic nitrogens is 2. The SMILES string of the molecule is O=C(CSc1nnc(N2CCOCC2)s1)N1CCN(S(=O)(=O)c2ccc(F)cc2)CC1. The summed E-state index contributed by atoms with van der Waals surface area (Å²) >= 11 is 2.80. The highest BCUT2D eigenvalue weighted by Crippen LogP contribution is 2.28. The van der Waals surface area contributed by atoms with Gasteiger partial charge in [-0.3, -0.25) is 4.79 Å². The van der Waals surface area contributed by atoms with Crippen molar-refractivity contribution in [2.45, 2.75) is 9.24 Å². The molecule has 168 valence electrons. The van der Waals surface area contributed by atoms with Crippen molar-refractivity contribution >= 4 is 44.2 Å². The number of morpholine rings is 1. The van der Waals surface area contributed by atoms with E-state index in [4.69, 9.17) is 4.74 Å². The van der Waals surface area contributed by atoms with Crippen LogP contribution in [0.3, 0.4) is 0 Å². The van der Waals surface area contributed by atoms with Crippen molar-refractivity contribution in [3.63, 3.8) is 0 Å². The summed E-state index contributed by atoms with van der Waals surface area (Å²) in [5, 5.41) is 9.19. The molecule has 0 saturated carbocycles. The van der Waals surface area contributed by atoms with Gasteiger partial charge in [-0.05, 0) is 24.3 Å². The predicted molar refractivity (Wildman–Crippen MR) is 115 cm³/mol. The highest BCUT2D eigenvalue weighted by atomic mass is 32.2. The number of ether oxygens (including phenoxy) is 1. The lowest BCUT2D eigenvalue weighted by atomic mass is 10.3. The number of anilines is 1. The lowest BCUT2D eigenvalue weighted by Crippen LogP contribution is -2.50. The van der Waals surface area contributed by atoms with E-state index < -0.39 is 15.8 Å². The van der Waals surface area contributed by atoms with E-state index in [0.717, 1.165) is 34.7 Å². The van der Waals surface area contributed by atoms with Crippen LogP contribution >= 0.6 is 23.1 Å². The summed E-state index contributed by atoms with van der Waals surface area (Å²) in [6.45, 7) is 3.94. The van der Waals surface area contributed by atoms with Gasteiger partial charge in [-0.15, -0.1) is 10.2 Å². The zero-order valence-corrected chi connectivity index (χ0v) is 19.1. The van der Waals surface area contributed by atoms with Crippen molar-refractivity contribution in [1.29, 1.82) is 0 Å². The number of hydrogen-bond donors (Lipinski definition) is 0. The minimum Gasteiger partial charge on any atom is -0.378 e. The summed E-state index contributed by atoms with van der Waals surface area (Å²) < 4.78 is 45.9. The van der Waals surface area contributed by atoms with Gasteiger partial charge in [0, 0.05) is 39.3 Å². The number of carbonyl (C=O) groups is 1. The Morgan fingerprint density at radius 3 is 2.42 bits per heavy atom. The molecular weight excluding hydrogens is 465 g/mol. The Balaban J connectivity index is 1.27. The first kappa shape index (κ1) is 22.4. The monoisotopic (exact) mass is 487 g/mol. The van der Waals surface area contributed by atoms with E-state index in [2.05, 4.69) is 15.1 Å². The topological polar surface area (TPSA) is 95.9 Å². The molecule has 0 bridgehead atoms. The molecule has 0 radical (unpaired) electrons. The number of benzene rings is 1. The van der Waals surface area contributed by atoms with Gasteiger partial charge in [0.25, 0.3) is 0 Å². The van der Waals surface area contributed by atoms with E-state index in [1.807, 2.05) is 0 Å². The quantitative estimate of drug-likeness (QED) is 0.560. The Hall–Kier alpha value is -1.80. The Morgan fingerprint density at radius 2 is 1.74 bits per heavy atom. The fraction of sp³-hybridized carbons (Fsp3) is 0.500. The average molecular weight is 488 g/mol. The average Bonchev–Trinajstić information content (AvgIpc) is 3.27. The molecule has 2 fully saturated rings. The first-order valence-electron chi connectivity index (χ1n) is 9.76. The summed E-state index contributed by atoms with van der Waals surface area (Å²) in [6.07, 6.45) is 0. The molecule has 1 amide bonds. The molecule has 1 aromatic heterocycles. The molecule has 2 aliphatic rings. The summed E-state index contributed by atoms with van der Waals surface area (Å²) in [7, 11) is -3.70. The lowest BCUT2D eigenvalue weighted by molar-refractivity contribution is -0.129. The second-order valence-corrected chi connectivity index (χ2v) is 11.1. The van der Waals surface area contributed by atoms with Crippen molar-refractivity contribution in [2.75, 3.05) is 63.1 Å². The number of sulfonamides is 1. The maximum Gasteiger partial charge on any atom is 0.243 e. The highest BCUT2D eigenvalue weighted by molar-refractivity contribution is 8.01. The smallest absolute Gasteiger partial charge is 0.243 e. The van der Waals surface area contributed by atoms with Crippen LogP contribution in [-0.4, -0.2) is 92.0 Å². The van der Waals surface area contributed by atoms with Crippen molar-refractivity contribution in [3.05, 3.63) is 30.1 Å². The number of halogens is 1. The van der Waals surface area contributed by atoms with Gasteiger partial charge in [-0.25, -0.2) is 12.8 Å². The van der Waals surface area contributed by atoms with E-state index in [-0.39, 0.29) is 29.6 Å². The van der Waals surface area contributed by atoms with Crippen LogP contribution in [-0.2, 0) is 19.6 Å². The Labute approximate surface area is 188 Å². The molecule has 2 aromatic rings. The van der Waals surface area contributed by atoms with Crippen LogP contribution in [0.1, 0.15) is 0 Å². The number of hydrogen-bond acceptors (Lipinski definition) is 9. The van der Waals surface area contributed by atoms with Crippen LogP contribution in [0.15, 0.2) is 33.5 Å². The van der Waals surface area contributed by atoms with E-state index in [1.165, 1.54) is 39.5 Å². The van der Waals surface area contributed by atoms with E-state index in [9.17, 15) is 17.6 Å². The Bertz CT molecular complexity index is 1000.